The molecule has 1 aromatic heterocycles. The van der Waals surface area contributed by atoms with E-state index in [1.54, 1.807) is 0 Å². The molecule has 0 fully saturated rings. The van der Waals surface area contributed by atoms with Crippen LogP contribution < -0.4 is 9.80 Å². The predicted molar refractivity (Wildman–Crippen MR) is 516 cm³/mol. The Morgan fingerprint density at radius 2 is 0.434 bits per heavy atom. The van der Waals surface area contributed by atoms with Crippen LogP contribution in [0.3, 0.4) is 0 Å². The molecule has 1 aliphatic carbocycles. The number of benzene rings is 20. The van der Waals surface area contributed by atoms with E-state index in [0.717, 1.165) is 67.2 Å². The van der Waals surface area contributed by atoms with Gasteiger partial charge in [-0.1, -0.05) is 390 Å². The zero-order chi connectivity index (χ0) is 81.5. The van der Waals surface area contributed by atoms with Crippen molar-refractivity contribution in [3.63, 3.8) is 0 Å². The molecule has 20 aromatic carbocycles. The van der Waals surface area contributed by atoms with Gasteiger partial charge in [0.05, 0.1) is 0 Å². The first-order chi connectivity index (χ1) is 60.4. The van der Waals surface area contributed by atoms with Crippen LogP contribution in [0.4, 0.5) is 34.1 Å². The molecule has 0 radical (unpaired) electrons. The lowest BCUT2D eigenvalue weighted by atomic mass is 9.77. The molecule has 0 N–H and O–H groups in total. The van der Waals surface area contributed by atoms with E-state index in [1.165, 1.54) is 144 Å². The van der Waals surface area contributed by atoms with Crippen LogP contribution in [-0.4, -0.2) is 0 Å². The zero-order valence-electron chi connectivity index (χ0n) is 67.8. The Bertz CT molecular complexity index is 7290. The summed E-state index contributed by atoms with van der Waals surface area (Å²) in [5, 5.41) is 7.09. The average molecular weight is 1560 g/mol. The molecule has 0 spiro atoms. The number of nitrogens with zero attached hydrogens (tertiary/aromatic N) is 2. The summed E-state index contributed by atoms with van der Waals surface area (Å²) < 4.78 is 6.84. The molecule has 0 atom stereocenters. The number of fused-ring (bicyclic) bond motifs is 8. The third kappa shape index (κ3) is 13.4. The summed E-state index contributed by atoms with van der Waals surface area (Å²) in [7, 11) is 0. The summed E-state index contributed by atoms with van der Waals surface area (Å²) in [4.78, 5) is 4.64. The van der Waals surface area contributed by atoms with Gasteiger partial charge in [0.25, 0.3) is 0 Å². The van der Waals surface area contributed by atoms with E-state index >= 15 is 0 Å². The van der Waals surface area contributed by atoms with Gasteiger partial charge in [-0.2, -0.15) is 0 Å². The van der Waals surface area contributed by atoms with Crippen molar-refractivity contribution < 1.29 is 4.42 Å². The maximum absolute atomic E-state index is 6.84. The van der Waals surface area contributed by atoms with E-state index in [1.807, 2.05) is 0 Å². The van der Waals surface area contributed by atoms with E-state index in [-0.39, 0.29) is 5.41 Å². The highest BCUT2D eigenvalue weighted by Gasteiger charge is 2.38. The van der Waals surface area contributed by atoms with Crippen LogP contribution in [-0.2, 0) is 5.41 Å². The fourth-order valence-electron chi connectivity index (χ4n) is 19.0. The van der Waals surface area contributed by atoms with Crippen molar-refractivity contribution in [2.75, 3.05) is 9.80 Å². The largest absolute Gasteiger partial charge is 0.456 e. The van der Waals surface area contributed by atoms with Crippen molar-refractivity contribution >= 4 is 77.6 Å². The van der Waals surface area contributed by atoms with Gasteiger partial charge in [0, 0.05) is 56.4 Å². The first-order valence-corrected chi connectivity index (χ1v) is 42.1. The highest BCUT2D eigenvalue weighted by Crippen LogP contribution is 2.58. The second kappa shape index (κ2) is 32.0. The number of hydrogen-bond donors (Lipinski definition) is 0. The molecule has 21 aromatic rings. The lowest BCUT2D eigenvalue weighted by molar-refractivity contribution is 0.660. The van der Waals surface area contributed by atoms with Gasteiger partial charge >= 0.3 is 0 Å². The summed E-state index contributed by atoms with van der Waals surface area (Å²) in [6.07, 6.45) is 0. The number of rotatable bonds is 16. The maximum Gasteiger partial charge on any atom is 0.137 e. The third-order valence-corrected chi connectivity index (χ3v) is 24.5. The number of hydrogen-bond acceptors (Lipinski definition) is 3. The second-order valence-corrected chi connectivity index (χ2v) is 32.0. The van der Waals surface area contributed by atoms with Gasteiger partial charge in [-0.05, 0) is 246 Å². The van der Waals surface area contributed by atoms with E-state index in [9.17, 15) is 0 Å². The SMILES string of the molecule is CC1(C)c2cc(-c3cccc4c(-c5ccccc5)c(-c5ccccc5)c(-c5ccccc5)c(-c5ccccc5)c34)ccc2-c2ccc(N(c3ccccc3)c3ccccc3)cc21.c1ccc(-c2c(-c3ccccc3)c(-c3ccccc3)c3c(-c4ccc5c(c4)oc4cc(N(c6ccccc6)c6ccccc6)ccc45)cccc3c2-c2ccccc2)cc1. The molecule has 1 aliphatic rings. The average Bonchev–Trinajstić information content (AvgIpc) is 1.01. The highest BCUT2D eigenvalue weighted by molar-refractivity contribution is 6.24. The minimum absolute atomic E-state index is 0.243. The van der Waals surface area contributed by atoms with E-state index < -0.39 is 0 Å². The summed E-state index contributed by atoms with van der Waals surface area (Å²) in [6, 6.07) is 171. The summed E-state index contributed by atoms with van der Waals surface area (Å²) in [5.74, 6) is 0. The molecule has 0 bridgehead atoms. The van der Waals surface area contributed by atoms with Crippen molar-refractivity contribution in [1.82, 2.24) is 0 Å². The van der Waals surface area contributed by atoms with Crippen LogP contribution in [0.1, 0.15) is 25.0 Å². The van der Waals surface area contributed by atoms with Gasteiger partial charge in [-0.15, -0.1) is 0 Å². The zero-order valence-corrected chi connectivity index (χ0v) is 67.8. The van der Waals surface area contributed by atoms with Crippen LogP contribution in [0.5, 0.6) is 0 Å². The smallest absolute Gasteiger partial charge is 0.137 e. The number of para-hydroxylation sites is 4. The van der Waals surface area contributed by atoms with Crippen LogP contribution in [0.2, 0.25) is 0 Å². The van der Waals surface area contributed by atoms with Crippen LogP contribution >= 0.6 is 0 Å². The lowest BCUT2D eigenvalue weighted by Gasteiger charge is -2.28. The number of anilines is 6. The summed E-state index contributed by atoms with van der Waals surface area (Å²) in [6.45, 7) is 4.79. The topological polar surface area (TPSA) is 19.6 Å². The monoisotopic (exact) mass is 1560 g/mol. The molecule has 3 nitrogen and oxygen atoms in total. The molecule has 0 unspecified atom stereocenters. The van der Waals surface area contributed by atoms with Crippen molar-refractivity contribution in [3.8, 4) is 122 Å². The Hall–Kier alpha value is -15.7. The third-order valence-electron chi connectivity index (χ3n) is 24.5. The van der Waals surface area contributed by atoms with Gasteiger partial charge in [0.1, 0.15) is 11.2 Å². The minimum atomic E-state index is -0.243. The van der Waals surface area contributed by atoms with Crippen LogP contribution in [0.15, 0.2) is 478 Å². The van der Waals surface area contributed by atoms with Crippen molar-refractivity contribution in [3.05, 3.63) is 484 Å². The number of furan rings is 1. The summed E-state index contributed by atoms with van der Waals surface area (Å²) >= 11 is 0. The molecule has 576 valence electrons. The van der Waals surface area contributed by atoms with Gasteiger partial charge in [0.15, 0.2) is 0 Å². The van der Waals surface area contributed by atoms with E-state index in [2.05, 4.69) is 497 Å². The Morgan fingerprint density at radius 1 is 0.172 bits per heavy atom. The normalized spacial score (nSPS) is 11.9. The molecule has 0 aliphatic heterocycles. The molecule has 0 saturated heterocycles. The van der Waals surface area contributed by atoms with Crippen molar-refractivity contribution in [2.45, 2.75) is 19.3 Å². The van der Waals surface area contributed by atoms with Gasteiger partial charge in [0.2, 0.25) is 0 Å². The predicted octanol–water partition coefficient (Wildman–Crippen LogP) is 33.5. The molecular formula is C119H84N2O. The van der Waals surface area contributed by atoms with E-state index in [4.69, 9.17) is 4.42 Å². The second-order valence-electron chi connectivity index (χ2n) is 32.0. The van der Waals surface area contributed by atoms with Crippen molar-refractivity contribution in [2.24, 2.45) is 0 Å². The summed E-state index contributed by atoms with van der Waals surface area (Å²) in [5.41, 5.74) is 37.4. The Kier molecular flexibility index (Phi) is 19.4. The quantitative estimate of drug-likeness (QED) is 0.0961. The first kappa shape index (κ1) is 73.9. The van der Waals surface area contributed by atoms with Gasteiger partial charge < -0.3 is 14.2 Å². The first-order valence-electron chi connectivity index (χ1n) is 42.1. The standard InChI is InChI=1S/C61H45N.C58H39NO/c1-61(2)54-40-46(36-38-51(54)52-39-37-49(41-55(52)61)62(47-30-17-7-18-31-47)48-32-19-8-20-33-48)50-34-21-35-53-56(42-22-9-3-10-23-42)57(43-24-11-4-12-25-43)58(44-26-13-5-14-27-44)59(60(50)53)45-28-15-6-16-29-45;1-7-20-40(21-8-1)54-51-33-19-32-48(58(51)57(43-26-13-4-14-27-43)56(42-24-11-3-12-25-42)55(54)41-22-9-2-10-23-41)44-34-36-49-50-37-35-47(39-53(50)60-52(49)38-44)59(45-28-15-5-16-29-45)46-30-17-6-18-31-46/h3-41H,1-2H3;1-39H. The molecule has 122 heavy (non-hydrogen) atoms. The Labute approximate surface area is 712 Å². The fraction of sp³-hybridized carbons (Fsp3) is 0.0252. The Morgan fingerprint density at radius 3 is 0.795 bits per heavy atom. The molecule has 3 heteroatoms. The lowest BCUT2D eigenvalue weighted by Crippen LogP contribution is -2.16. The Balaban J connectivity index is 0.000000150. The van der Waals surface area contributed by atoms with Crippen LogP contribution in [0.25, 0.3) is 166 Å². The van der Waals surface area contributed by atoms with Crippen LogP contribution in [0, 0.1) is 0 Å². The maximum atomic E-state index is 6.84. The highest BCUT2D eigenvalue weighted by atomic mass is 16.3. The fourth-order valence-corrected chi connectivity index (χ4v) is 19.0. The molecular weight excluding hydrogens is 1470 g/mol. The molecule has 1 heterocycles. The van der Waals surface area contributed by atoms with Crippen molar-refractivity contribution in [1.29, 1.82) is 0 Å². The molecule has 0 saturated carbocycles. The molecule has 22 rings (SSSR count). The van der Waals surface area contributed by atoms with Gasteiger partial charge in [-0.25, -0.2) is 0 Å². The van der Waals surface area contributed by atoms with E-state index in [0.29, 0.717) is 0 Å². The van der Waals surface area contributed by atoms with Gasteiger partial charge in [-0.3, -0.25) is 0 Å². The molecule has 0 amide bonds. The minimum Gasteiger partial charge on any atom is -0.456 e.